The van der Waals surface area contributed by atoms with Crippen LogP contribution in [0.25, 0.3) is 0 Å². The van der Waals surface area contributed by atoms with Crippen molar-refractivity contribution >= 4 is 33.0 Å². The van der Waals surface area contributed by atoms with E-state index in [4.69, 9.17) is 16.3 Å². The van der Waals surface area contributed by atoms with Gasteiger partial charge in [0.25, 0.3) is 0 Å². The van der Waals surface area contributed by atoms with Crippen molar-refractivity contribution in [2.75, 3.05) is 23.9 Å². The Morgan fingerprint density at radius 2 is 1.89 bits per heavy atom. The van der Waals surface area contributed by atoms with Crippen LogP contribution in [-0.4, -0.2) is 32.9 Å². The van der Waals surface area contributed by atoms with Crippen molar-refractivity contribution in [1.29, 1.82) is 0 Å². The first-order valence-corrected chi connectivity index (χ1v) is 11.2. The molecule has 0 bridgehead atoms. The Morgan fingerprint density at radius 3 is 2.48 bits per heavy atom. The Morgan fingerprint density at radius 1 is 1.19 bits per heavy atom. The minimum absolute atomic E-state index is 0.0515. The predicted octanol–water partition coefficient (Wildman–Crippen LogP) is 3.82. The summed E-state index contributed by atoms with van der Waals surface area (Å²) in [6.07, 6.45) is 3.77. The van der Waals surface area contributed by atoms with Gasteiger partial charge in [-0.25, -0.2) is 8.42 Å². The monoisotopic (exact) mass is 407 g/mol. The first kappa shape index (κ1) is 19.7. The van der Waals surface area contributed by atoms with Crippen LogP contribution in [0.1, 0.15) is 24.8 Å². The lowest BCUT2D eigenvalue weighted by molar-refractivity contribution is -0.124. The van der Waals surface area contributed by atoms with E-state index < -0.39 is 15.3 Å². The van der Waals surface area contributed by atoms with Crippen LogP contribution in [0, 0.1) is 0 Å². The normalized spacial score (nSPS) is 15.6. The van der Waals surface area contributed by atoms with E-state index >= 15 is 0 Å². The number of anilines is 1. The molecule has 2 aromatic carbocycles. The van der Waals surface area contributed by atoms with E-state index in [1.165, 1.54) is 6.26 Å². The Labute approximate surface area is 164 Å². The average molecular weight is 408 g/mol. The summed E-state index contributed by atoms with van der Waals surface area (Å²) in [4.78, 5) is 13.0. The highest BCUT2D eigenvalue weighted by atomic mass is 35.5. The van der Waals surface area contributed by atoms with E-state index in [0.29, 0.717) is 16.5 Å². The van der Waals surface area contributed by atoms with Crippen molar-refractivity contribution < 1.29 is 17.9 Å². The van der Waals surface area contributed by atoms with E-state index in [1.54, 1.807) is 36.4 Å². The van der Waals surface area contributed by atoms with E-state index in [-0.39, 0.29) is 18.3 Å². The molecule has 0 aliphatic heterocycles. The maximum absolute atomic E-state index is 13.0. The topological polar surface area (TPSA) is 72.5 Å². The third kappa shape index (κ3) is 4.82. The molecule has 7 heteroatoms. The fourth-order valence-corrected chi connectivity index (χ4v) is 3.68. The molecule has 1 aliphatic rings. The van der Waals surface area contributed by atoms with Gasteiger partial charge in [0.05, 0.1) is 11.2 Å². The number of halogens is 1. The van der Waals surface area contributed by atoms with E-state index in [1.807, 2.05) is 12.1 Å². The molecule has 1 saturated carbocycles. The van der Waals surface area contributed by atoms with E-state index in [2.05, 4.69) is 5.32 Å². The molecular formula is C20H22ClNO4S. The summed E-state index contributed by atoms with van der Waals surface area (Å²) in [6, 6.07) is 14.4. The zero-order valence-electron chi connectivity index (χ0n) is 15.1. The molecule has 0 radical (unpaired) electrons. The largest absolute Gasteiger partial charge is 0.492 e. The number of hydrogen-bond donors (Lipinski definition) is 1. The Hall–Kier alpha value is -2.05. The van der Waals surface area contributed by atoms with Crippen LogP contribution in [0.3, 0.4) is 0 Å². The second kappa shape index (κ2) is 7.90. The van der Waals surface area contributed by atoms with Crippen LogP contribution in [0.5, 0.6) is 5.75 Å². The molecule has 1 N–H and O–H groups in total. The van der Waals surface area contributed by atoms with Crippen molar-refractivity contribution in [3.63, 3.8) is 0 Å². The molecule has 3 rings (SSSR count). The van der Waals surface area contributed by atoms with Gasteiger partial charge in [-0.3, -0.25) is 4.79 Å². The minimum atomic E-state index is -3.08. The Kier molecular flexibility index (Phi) is 5.77. The van der Waals surface area contributed by atoms with Crippen molar-refractivity contribution in [3.05, 3.63) is 59.1 Å². The van der Waals surface area contributed by atoms with Crippen LogP contribution in [0.4, 0.5) is 5.69 Å². The first-order chi connectivity index (χ1) is 12.8. The molecule has 1 fully saturated rings. The minimum Gasteiger partial charge on any atom is -0.492 e. The molecule has 144 valence electrons. The van der Waals surface area contributed by atoms with Gasteiger partial charge in [-0.1, -0.05) is 36.2 Å². The summed E-state index contributed by atoms with van der Waals surface area (Å²) in [5.74, 6) is 0.415. The molecule has 2 aromatic rings. The summed E-state index contributed by atoms with van der Waals surface area (Å²) in [7, 11) is -3.08. The maximum atomic E-state index is 13.0. The SMILES string of the molecule is CS(=O)(=O)CCOc1cccc(NC(=O)C2(c3ccc(Cl)cc3)CCC2)c1. The molecular weight excluding hydrogens is 386 g/mol. The van der Waals surface area contributed by atoms with Gasteiger partial charge < -0.3 is 10.1 Å². The fraction of sp³-hybridized carbons (Fsp3) is 0.350. The van der Waals surface area contributed by atoms with Crippen LogP contribution in [0.2, 0.25) is 5.02 Å². The lowest BCUT2D eigenvalue weighted by Gasteiger charge is -2.40. The van der Waals surface area contributed by atoms with Crippen LogP contribution >= 0.6 is 11.6 Å². The fourth-order valence-electron chi connectivity index (χ4n) is 3.17. The second-order valence-corrected chi connectivity index (χ2v) is 9.60. The smallest absolute Gasteiger partial charge is 0.235 e. The van der Waals surface area contributed by atoms with Gasteiger partial charge in [-0.15, -0.1) is 0 Å². The van der Waals surface area contributed by atoms with Crippen molar-refractivity contribution in [2.24, 2.45) is 0 Å². The average Bonchev–Trinajstić information content (AvgIpc) is 2.55. The molecule has 1 aliphatic carbocycles. The predicted molar refractivity (Wildman–Crippen MR) is 107 cm³/mol. The summed E-state index contributed by atoms with van der Waals surface area (Å²) in [6.45, 7) is 0.0744. The van der Waals surface area contributed by atoms with Gasteiger partial charge >= 0.3 is 0 Å². The van der Waals surface area contributed by atoms with Gasteiger partial charge in [0, 0.05) is 23.0 Å². The first-order valence-electron chi connectivity index (χ1n) is 8.77. The highest BCUT2D eigenvalue weighted by Crippen LogP contribution is 2.45. The van der Waals surface area contributed by atoms with Gasteiger partial charge in [-0.2, -0.15) is 0 Å². The highest BCUT2D eigenvalue weighted by molar-refractivity contribution is 7.90. The summed E-state index contributed by atoms with van der Waals surface area (Å²) >= 11 is 5.97. The zero-order chi connectivity index (χ0) is 19.5. The molecule has 0 atom stereocenters. The molecule has 0 unspecified atom stereocenters. The van der Waals surface area contributed by atoms with Gasteiger partial charge in [0.1, 0.15) is 12.4 Å². The summed E-state index contributed by atoms with van der Waals surface area (Å²) < 4.78 is 27.9. The number of rotatable bonds is 7. The number of benzene rings is 2. The quantitative estimate of drug-likeness (QED) is 0.757. The van der Waals surface area contributed by atoms with Crippen LogP contribution in [0.15, 0.2) is 48.5 Å². The third-order valence-corrected chi connectivity index (χ3v) is 6.01. The highest BCUT2D eigenvalue weighted by Gasteiger charge is 2.45. The summed E-state index contributed by atoms with van der Waals surface area (Å²) in [5, 5.41) is 3.62. The van der Waals surface area contributed by atoms with Crippen molar-refractivity contribution in [1.82, 2.24) is 0 Å². The summed E-state index contributed by atoms with van der Waals surface area (Å²) in [5.41, 5.74) is 1.06. The number of hydrogen-bond acceptors (Lipinski definition) is 4. The standard InChI is InChI=1S/C20H22ClNO4S/c1-27(24,25)13-12-26-18-5-2-4-17(14-18)22-19(23)20(10-3-11-20)15-6-8-16(21)9-7-15/h2,4-9,14H,3,10-13H2,1H3,(H,22,23). The Bertz CT molecular complexity index is 921. The number of amides is 1. The molecule has 0 aromatic heterocycles. The van der Waals surface area contributed by atoms with Gasteiger partial charge in [0.2, 0.25) is 5.91 Å². The molecule has 0 heterocycles. The van der Waals surface area contributed by atoms with E-state index in [0.717, 1.165) is 24.8 Å². The van der Waals surface area contributed by atoms with Crippen molar-refractivity contribution in [2.45, 2.75) is 24.7 Å². The number of ether oxygens (including phenoxy) is 1. The number of nitrogens with one attached hydrogen (secondary N) is 1. The maximum Gasteiger partial charge on any atom is 0.235 e. The third-order valence-electron chi connectivity index (χ3n) is 4.85. The molecule has 27 heavy (non-hydrogen) atoms. The number of carbonyl (C=O) groups is 1. The Balaban J connectivity index is 1.70. The van der Waals surface area contributed by atoms with Crippen molar-refractivity contribution in [3.8, 4) is 5.75 Å². The van der Waals surface area contributed by atoms with Crippen LogP contribution in [-0.2, 0) is 20.0 Å². The van der Waals surface area contributed by atoms with Gasteiger partial charge in [0.15, 0.2) is 9.84 Å². The lowest BCUT2D eigenvalue weighted by atomic mass is 9.64. The molecule has 0 saturated heterocycles. The van der Waals surface area contributed by atoms with Crippen LogP contribution < -0.4 is 10.1 Å². The number of carbonyl (C=O) groups excluding carboxylic acids is 1. The lowest BCUT2D eigenvalue weighted by Crippen LogP contribution is -2.45. The van der Waals surface area contributed by atoms with Gasteiger partial charge in [-0.05, 0) is 42.7 Å². The molecule has 1 amide bonds. The molecule has 5 nitrogen and oxygen atoms in total. The molecule has 0 spiro atoms. The number of sulfone groups is 1. The second-order valence-electron chi connectivity index (χ2n) is 6.90. The zero-order valence-corrected chi connectivity index (χ0v) is 16.6. The van der Waals surface area contributed by atoms with E-state index in [9.17, 15) is 13.2 Å².